The number of hydrogen-bond acceptors (Lipinski definition) is 12. The third-order valence-corrected chi connectivity index (χ3v) is 22.5. The molecule has 0 atom stereocenters. The number of sulfonamides is 4. The van der Waals surface area contributed by atoms with Crippen LogP contribution < -0.4 is 29.1 Å². The quantitative estimate of drug-likeness (QED) is 0.0252. The summed E-state index contributed by atoms with van der Waals surface area (Å²) >= 11 is 0. The van der Waals surface area contributed by atoms with Gasteiger partial charge in [0.05, 0.1) is 35.0 Å². The number of carbonyl (C=O) groups is 2. The van der Waals surface area contributed by atoms with Crippen molar-refractivity contribution in [2.45, 2.75) is 387 Å². The van der Waals surface area contributed by atoms with Crippen LogP contribution >= 0.6 is 0 Å². The number of rotatable bonds is 66. The second-order valence-electron chi connectivity index (χ2n) is 25.5. The van der Waals surface area contributed by atoms with Crippen molar-refractivity contribution in [3.63, 3.8) is 0 Å². The van der Waals surface area contributed by atoms with Gasteiger partial charge in [-0.15, -0.1) is 0 Å². The van der Waals surface area contributed by atoms with Crippen molar-refractivity contribution >= 4 is 101 Å². The average Bonchev–Trinajstić information content (AvgIpc) is 3.55. The number of nitrogens with one attached hydrogen (secondary N) is 4. The minimum absolute atomic E-state index is 0. The minimum atomic E-state index is -4.02. The van der Waals surface area contributed by atoms with Crippen molar-refractivity contribution in [1.82, 2.24) is 18.9 Å². The van der Waals surface area contributed by atoms with Crippen molar-refractivity contribution in [3.05, 3.63) is 0 Å². The largest absolute Gasteiger partial charge is 2.00 e. The first kappa shape index (κ1) is 91.3. The van der Waals surface area contributed by atoms with Crippen LogP contribution in [-0.2, 0) is 49.7 Å². The van der Waals surface area contributed by atoms with Crippen molar-refractivity contribution in [2.24, 2.45) is 0 Å². The molecule has 0 amide bonds. The molecule has 4 N–H and O–H groups in total. The third kappa shape index (κ3) is 60.8. The molecular weight excluding hydrogens is 1310 g/mol. The topological polar surface area (TPSA) is 265 Å². The van der Waals surface area contributed by atoms with E-state index in [0.29, 0.717) is 25.7 Å². The van der Waals surface area contributed by atoms with E-state index in [2.05, 4.69) is 27.7 Å². The van der Waals surface area contributed by atoms with Crippen molar-refractivity contribution < 1.29 is 53.5 Å². The van der Waals surface area contributed by atoms with E-state index in [-0.39, 0.29) is 71.9 Å². The summed E-state index contributed by atoms with van der Waals surface area (Å²) in [7, 11) is -16.1. The van der Waals surface area contributed by atoms with Gasteiger partial charge in [-0.3, -0.25) is 0 Å². The van der Waals surface area contributed by atoms with E-state index in [0.717, 1.165) is 117 Å². The summed E-state index contributed by atoms with van der Waals surface area (Å²) in [5.41, 5.74) is -4.85. The van der Waals surface area contributed by atoms with Crippen LogP contribution in [0.3, 0.4) is 0 Å². The first-order chi connectivity index (χ1) is 41.0. The second kappa shape index (κ2) is 59.9. The van der Waals surface area contributed by atoms with Crippen LogP contribution in [0.4, 0.5) is 0 Å². The normalized spacial score (nSPS) is 12.5. The molecule has 21 heteroatoms. The van der Waals surface area contributed by atoms with Crippen LogP contribution in [0.2, 0.25) is 0 Å². The second-order valence-corrected chi connectivity index (χ2v) is 32.8. The summed E-state index contributed by atoms with van der Waals surface area (Å²) in [5.74, 6) is -4.67. The smallest absolute Gasteiger partial charge is 0.547 e. The van der Waals surface area contributed by atoms with Crippen molar-refractivity contribution in [2.75, 3.05) is 23.0 Å². The molecule has 0 rings (SSSR count). The van der Waals surface area contributed by atoms with Crippen LogP contribution in [0, 0.1) is 0 Å². The summed E-state index contributed by atoms with van der Waals surface area (Å²) in [6.07, 6.45) is 58.2. The first-order valence-electron chi connectivity index (χ1n) is 35.4. The van der Waals surface area contributed by atoms with Gasteiger partial charge in [0.2, 0.25) is 40.1 Å². The maximum absolute atomic E-state index is 12.6. The molecule has 0 bridgehead atoms. The Morgan fingerprint density at radius 2 is 0.345 bits per heavy atom. The molecule has 16 nitrogen and oxygen atoms in total. The van der Waals surface area contributed by atoms with Crippen molar-refractivity contribution in [1.29, 1.82) is 0 Å². The van der Waals surface area contributed by atoms with Crippen LogP contribution in [-0.4, -0.2) is 129 Å². The molecule has 0 heterocycles. The van der Waals surface area contributed by atoms with E-state index in [1.54, 1.807) is 0 Å². The van der Waals surface area contributed by atoms with E-state index in [9.17, 15) is 53.5 Å². The Labute approximate surface area is 577 Å². The van der Waals surface area contributed by atoms with Gasteiger partial charge in [-0.25, -0.2) is 33.7 Å². The molecular formula is C66H134BaN4O12S4. The fourth-order valence-electron chi connectivity index (χ4n) is 10.9. The zero-order valence-electron chi connectivity index (χ0n) is 56.8. The van der Waals surface area contributed by atoms with Gasteiger partial charge in [0.25, 0.3) is 0 Å². The third-order valence-electron chi connectivity index (χ3n) is 16.3. The van der Waals surface area contributed by atoms with Gasteiger partial charge in [-0.2, -0.15) is 18.9 Å². The monoisotopic (exact) mass is 1440 g/mol. The van der Waals surface area contributed by atoms with Gasteiger partial charge in [0.1, 0.15) is 11.3 Å². The Morgan fingerprint density at radius 3 is 0.448 bits per heavy atom. The maximum atomic E-state index is 12.6. The number of carbonyl (C=O) groups excluding carboxylic acids is 2. The van der Waals surface area contributed by atoms with E-state index >= 15 is 0 Å². The molecule has 0 aliphatic rings. The van der Waals surface area contributed by atoms with Crippen molar-refractivity contribution in [3.8, 4) is 0 Å². The number of unbranched alkanes of at least 4 members (excludes halogenated alkanes) is 48. The number of aliphatic carboxylic acids is 2. The van der Waals surface area contributed by atoms with E-state index in [1.807, 2.05) is 18.9 Å². The molecule has 0 aromatic heterocycles. The predicted molar refractivity (Wildman–Crippen MR) is 363 cm³/mol. The zero-order valence-corrected chi connectivity index (χ0v) is 64.5. The summed E-state index contributed by atoms with van der Waals surface area (Å²) in [4.78, 5) is 23.6. The summed E-state index contributed by atoms with van der Waals surface area (Å²) < 4.78 is 109. The van der Waals surface area contributed by atoms with Gasteiger partial charge < -0.3 is 19.8 Å². The fraction of sp³-hybridized carbons (Fsp3) is 0.970. The molecule has 516 valence electrons. The average molecular weight is 1440 g/mol. The van der Waals surface area contributed by atoms with E-state index in [4.69, 9.17) is 0 Å². The van der Waals surface area contributed by atoms with Crippen LogP contribution in [0.15, 0.2) is 0 Å². The van der Waals surface area contributed by atoms with Gasteiger partial charge in [0, 0.05) is 0 Å². The number of hydrogen-bond donors (Lipinski definition) is 4. The van der Waals surface area contributed by atoms with Gasteiger partial charge >= 0.3 is 48.9 Å². The summed E-state index contributed by atoms with van der Waals surface area (Å²) in [6, 6.07) is 0. The molecule has 87 heavy (non-hydrogen) atoms. The Balaban J connectivity index is -0.00000160. The molecule has 0 aliphatic heterocycles. The Kier molecular flexibility index (Phi) is 62.9. The van der Waals surface area contributed by atoms with Crippen LogP contribution in [0.1, 0.15) is 375 Å². The molecule has 0 aliphatic carbocycles. The minimum Gasteiger partial charge on any atom is -0.547 e. The van der Waals surface area contributed by atoms with E-state index < -0.39 is 63.4 Å². The first-order valence-corrected chi connectivity index (χ1v) is 42.1. The van der Waals surface area contributed by atoms with Crippen LogP contribution in [0.25, 0.3) is 0 Å². The molecule has 0 unspecified atom stereocenters. The fourth-order valence-corrected chi connectivity index (χ4v) is 16.8. The number of carboxylic acids is 2. The van der Waals surface area contributed by atoms with E-state index in [1.165, 1.54) is 205 Å². The maximum Gasteiger partial charge on any atom is 2.00 e. The predicted octanol–water partition coefficient (Wildman–Crippen LogP) is 14.6. The molecule has 0 saturated carbocycles. The molecule has 0 saturated heterocycles. The molecule has 0 spiro atoms. The van der Waals surface area contributed by atoms with Crippen LogP contribution in [0.5, 0.6) is 0 Å². The molecule has 0 aromatic carbocycles. The zero-order chi connectivity index (χ0) is 64.6. The Morgan fingerprint density at radius 1 is 0.241 bits per heavy atom. The summed E-state index contributed by atoms with van der Waals surface area (Å²) in [5, 5.41) is 23.6. The SMILES string of the molecule is CCCCCCCCCCCCCCCS(=O)(=O)NC(C)(NS(=O)(=O)CCCCCCCCCCCCCCC)C(=O)[O-].CCCCCCCCCCCCCCCS(=O)(=O)NC(C)(NS(=O)(=O)CCCCCCCCCCCCCCC)C(=O)[O-].[Ba+2]. The molecule has 0 aromatic rings. The van der Waals surface area contributed by atoms with Gasteiger partial charge in [0.15, 0.2) is 0 Å². The standard InChI is InChI=1S/2C33H68N2O6S2.Ba/c2*1-4-6-8-10-12-14-16-18-20-22-24-26-28-30-42(38,39)34-33(3,32(36)37)35-43(40,41)31-29-27-25-23-21-19-17-15-13-11-9-7-5-2;/h2*34-35H,4-31H2,1-3H3,(H,36,37);/q;;+2/p-2. The molecule has 0 fully saturated rings. The molecule has 0 radical (unpaired) electrons. The summed E-state index contributed by atoms with van der Waals surface area (Å²) in [6.45, 7) is 10.9. The Bertz CT molecular complexity index is 1780. The van der Waals surface area contributed by atoms with Gasteiger partial charge in [-0.05, 0) is 39.5 Å². The number of carboxylic acid groups (broad SMARTS) is 2. The Hall–Kier alpha value is 0.151. The van der Waals surface area contributed by atoms with Gasteiger partial charge in [-0.1, -0.05) is 336 Å².